The van der Waals surface area contributed by atoms with E-state index in [1.165, 1.54) is 12.3 Å². The van der Waals surface area contributed by atoms with Gasteiger partial charge in [-0.05, 0) is 23.8 Å². The van der Waals surface area contributed by atoms with E-state index in [0.29, 0.717) is 18.9 Å². The fourth-order valence-corrected chi connectivity index (χ4v) is 1.39. The van der Waals surface area contributed by atoms with E-state index in [1.807, 2.05) is 12.1 Å². The predicted molar refractivity (Wildman–Crippen MR) is 63.9 cm³/mol. The fourth-order valence-electron chi connectivity index (χ4n) is 1.39. The van der Waals surface area contributed by atoms with Crippen molar-refractivity contribution in [3.8, 4) is 0 Å². The maximum atomic E-state index is 10.6. The van der Waals surface area contributed by atoms with Crippen LogP contribution in [0.3, 0.4) is 0 Å². The van der Waals surface area contributed by atoms with Gasteiger partial charge in [0.05, 0.1) is 24.5 Å². The van der Waals surface area contributed by atoms with Gasteiger partial charge in [0.25, 0.3) is 0 Å². The number of rotatable bonds is 5. The molecule has 0 saturated heterocycles. The van der Waals surface area contributed by atoms with Crippen LogP contribution in [0.1, 0.15) is 21.6 Å². The first kappa shape index (κ1) is 12.2. The number of ether oxygens (including phenoxy) is 1. The van der Waals surface area contributed by atoms with E-state index in [4.69, 9.17) is 9.84 Å². The molecule has 0 saturated carbocycles. The maximum absolute atomic E-state index is 10.6. The van der Waals surface area contributed by atoms with Crippen molar-refractivity contribution in [2.45, 2.75) is 13.2 Å². The number of aromatic nitrogens is 2. The third kappa shape index (κ3) is 3.36. The summed E-state index contributed by atoms with van der Waals surface area (Å²) in [5.41, 5.74) is 1.86. The van der Waals surface area contributed by atoms with Crippen LogP contribution < -0.4 is 0 Å². The number of carboxylic acid groups (broad SMARTS) is 1. The van der Waals surface area contributed by atoms with Gasteiger partial charge in [-0.25, -0.2) is 4.79 Å². The van der Waals surface area contributed by atoms with Crippen LogP contribution in [0.5, 0.6) is 0 Å². The number of hydrogen-bond donors (Lipinski definition) is 1. The average Bonchev–Trinajstić information content (AvgIpc) is 2.40. The third-order valence-electron chi connectivity index (χ3n) is 2.31. The van der Waals surface area contributed by atoms with Crippen LogP contribution in [0.2, 0.25) is 0 Å². The smallest absolute Gasteiger partial charge is 0.337 e. The summed E-state index contributed by atoms with van der Waals surface area (Å²) < 4.78 is 5.46. The molecule has 0 radical (unpaired) electrons. The molecule has 0 unspecified atom stereocenters. The Balaban J connectivity index is 1.85. The minimum absolute atomic E-state index is 0.172. The van der Waals surface area contributed by atoms with Crippen LogP contribution in [0.25, 0.3) is 0 Å². The van der Waals surface area contributed by atoms with Crippen molar-refractivity contribution >= 4 is 5.97 Å². The van der Waals surface area contributed by atoms with Crippen molar-refractivity contribution in [2.75, 3.05) is 0 Å². The minimum atomic E-state index is -0.981. The van der Waals surface area contributed by atoms with E-state index in [1.54, 1.807) is 18.5 Å². The average molecular weight is 244 g/mol. The first-order chi connectivity index (χ1) is 8.75. The molecular formula is C13H12N2O3. The highest BCUT2D eigenvalue weighted by atomic mass is 16.5. The molecule has 2 rings (SSSR count). The summed E-state index contributed by atoms with van der Waals surface area (Å²) >= 11 is 0. The molecule has 92 valence electrons. The monoisotopic (exact) mass is 244 g/mol. The summed E-state index contributed by atoms with van der Waals surface area (Å²) in [5, 5.41) is 8.72. The van der Waals surface area contributed by atoms with Crippen LogP contribution in [-0.2, 0) is 18.0 Å². The van der Waals surface area contributed by atoms with Crippen LogP contribution >= 0.6 is 0 Å². The van der Waals surface area contributed by atoms with Gasteiger partial charge in [0.1, 0.15) is 0 Å². The lowest BCUT2D eigenvalue weighted by Crippen LogP contribution is -2.00. The normalized spacial score (nSPS) is 10.2. The Bertz CT molecular complexity index is 512. The molecule has 0 aromatic carbocycles. The molecule has 0 aliphatic rings. The SMILES string of the molecule is O=C(O)c1ccc(COCc2cccnc2)nc1. The zero-order valence-electron chi connectivity index (χ0n) is 9.61. The molecule has 5 heteroatoms. The van der Waals surface area contributed by atoms with Crippen molar-refractivity contribution in [3.05, 3.63) is 59.7 Å². The molecule has 2 aromatic rings. The van der Waals surface area contributed by atoms with Crippen LogP contribution in [0, 0.1) is 0 Å². The Morgan fingerprint density at radius 1 is 1.22 bits per heavy atom. The summed E-state index contributed by atoms with van der Waals surface area (Å²) in [6.07, 6.45) is 4.77. The largest absolute Gasteiger partial charge is 0.478 e. The summed E-state index contributed by atoms with van der Waals surface area (Å²) in [6.45, 7) is 0.797. The summed E-state index contributed by atoms with van der Waals surface area (Å²) in [5.74, 6) is -0.981. The van der Waals surface area contributed by atoms with Gasteiger partial charge in [0, 0.05) is 18.6 Å². The standard InChI is InChI=1S/C13H12N2O3/c16-13(17)11-3-4-12(15-7-11)9-18-8-10-2-1-5-14-6-10/h1-7H,8-9H2,(H,16,17). The molecule has 0 atom stereocenters. The molecule has 0 aliphatic heterocycles. The van der Waals surface area contributed by atoms with Crippen LogP contribution in [0.15, 0.2) is 42.9 Å². The van der Waals surface area contributed by atoms with Gasteiger partial charge < -0.3 is 9.84 Å². The number of carbonyl (C=O) groups is 1. The zero-order chi connectivity index (χ0) is 12.8. The van der Waals surface area contributed by atoms with E-state index in [-0.39, 0.29) is 5.56 Å². The molecule has 18 heavy (non-hydrogen) atoms. The van der Waals surface area contributed by atoms with Crippen molar-refractivity contribution in [1.29, 1.82) is 0 Å². The highest BCUT2D eigenvalue weighted by Gasteiger charge is 2.03. The number of carboxylic acids is 1. The molecule has 5 nitrogen and oxygen atoms in total. The summed E-state index contributed by atoms with van der Waals surface area (Å²) in [6, 6.07) is 6.93. The lowest BCUT2D eigenvalue weighted by atomic mass is 10.2. The van der Waals surface area contributed by atoms with Gasteiger partial charge in [-0.15, -0.1) is 0 Å². The van der Waals surface area contributed by atoms with Crippen molar-refractivity contribution in [1.82, 2.24) is 9.97 Å². The van der Waals surface area contributed by atoms with Gasteiger partial charge in [0.15, 0.2) is 0 Å². The predicted octanol–water partition coefficient (Wildman–Crippen LogP) is 1.89. The van der Waals surface area contributed by atoms with Gasteiger partial charge >= 0.3 is 5.97 Å². The third-order valence-corrected chi connectivity index (χ3v) is 2.31. The number of aromatic carboxylic acids is 1. The number of pyridine rings is 2. The van der Waals surface area contributed by atoms with Gasteiger partial charge in [0.2, 0.25) is 0 Å². The van der Waals surface area contributed by atoms with Crippen molar-refractivity contribution < 1.29 is 14.6 Å². The number of hydrogen-bond acceptors (Lipinski definition) is 4. The lowest BCUT2D eigenvalue weighted by Gasteiger charge is -2.03. The molecule has 0 spiro atoms. The van der Waals surface area contributed by atoms with Crippen molar-refractivity contribution in [2.24, 2.45) is 0 Å². The molecule has 0 aliphatic carbocycles. The second kappa shape index (κ2) is 5.88. The maximum Gasteiger partial charge on any atom is 0.337 e. The molecular weight excluding hydrogens is 232 g/mol. The first-order valence-electron chi connectivity index (χ1n) is 5.40. The van der Waals surface area contributed by atoms with Gasteiger partial charge in [-0.1, -0.05) is 6.07 Å². The van der Waals surface area contributed by atoms with E-state index in [9.17, 15) is 4.79 Å². The van der Waals surface area contributed by atoms with E-state index < -0.39 is 5.97 Å². The van der Waals surface area contributed by atoms with E-state index >= 15 is 0 Å². The highest BCUT2D eigenvalue weighted by Crippen LogP contribution is 2.04. The van der Waals surface area contributed by atoms with Crippen LogP contribution in [0.4, 0.5) is 0 Å². The topological polar surface area (TPSA) is 72.3 Å². The second-order valence-corrected chi connectivity index (χ2v) is 3.70. The molecule has 0 amide bonds. The first-order valence-corrected chi connectivity index (χ1v) is 5.40. The lowest BCUT2D eigenvalue weighted by molar-refractivity contribution is 0.0696. The highest BCUT2D eigenvalue weighted by molar-refractivity contribution is 5.87. The quantitative estimate of drug-likeness (QED) is 0.869. The molecule has 1 N–H and O–H groups in total. The van der Waals surface area contributed by atoms with E-state index in [2.05, 4.69) is 9.97 Å². The molecule has 2 heterocycles. The van der Waals surface area contributed by atoms with Crippen LogP contribution in [-0.4, -0.2) is 21.0 Å². The zero-order valence-corrected chi connectivity index (χ0v) is 9.61. The Morgan fingerprint density at radius 2 is 2.11 bits per heavy atom. The Kier molecular flexibility index (Phi) is 3.98. The Morgan fingerprint density at radius 3 is 2.72 bits per heavy atom. The summed E-state index contributed by atoms with van der Waals surface area (Å²) in [4.78, 5) is 18.6. The molecule has 0 bridgehead atoms. The van der Waals surface area contributed by atoms with Gasteiger partial charge in [-0.3, -0.25) is 9.97 Å². The van der Waals surface area contributed by atoms with Gasteiger partial charge in [-0.2, -0.15) is 0 Å². The minimum Gasteiger partial charge on any atom is -0.478 e. The molecule has 0 fully saturated rings. The Hall–Kier alpha value is -2.27. The number of nitrogens with zero attached hydrogens (tertiary/aromatic N) is 2. The van der Waals surface area contributed by atoms with Crippen molar-refractivity contribution in [3.63, 3.8) is 0 Å². The molecule has 2 aromatic heterocycles. The summed E-state index contributed by atoms with van der Waals surface area (Å²) in [7, 11) is 0. The Labute approximate surface area is 104 Å². The fraction of sp³-hybridized carbons (Fsp3) is 0.154. The second-order valence-electron chi connectivity index (χ2n) is 3.70. The van der Waals surface area contributed by atoms with E-state index in [0.717, 1.165) is 5.56 Å².